The lowest BCUT2D eigenvalue weighted by Crippen LogP contribution is -2.10. The molecule has 0 bridgehead atoms. The Hall–Kier alpha value is -2.11. The van der Waals surface area contributed by atoms with Gasteiger partial charge in [0.05, 0.1) is 23.4 Å². The highest BCUT2D eigenvalue weighted by atomic mass is 16.1. The van der Waals surface area contributed by atoms with Crippen molar-refractivity contribution in [2.24, 2.45) is 0 Å². The van der Waals surface area contributed by atoms with Crippen molar-refractivity contribution >= 4 is 5.69 Å². The molecule has 2 heterocycles. The van der Waals surface area contributed by atoms with Gasteiger partial charge >= 0.3 is 0 Å². The highest BCUT2D eigenvalue weighted by Gasteiger charge is 2.10. The third kappa shape index (κ3) is 1.50. The molecule has 3 N–H and O–H groups in total. The fourth-order valence-electron chi connectivity index (χ4n) is 1.35. The molecule has 0 aromatic carbocycles. The summed E-state index contributed by atoms with van der Waals surface area (Å²) in [4.78, 5) is 17.6. The topological polar surface area (TPSA) is 89.6 Å². The maximum Gasteiger partial charge on any atom is 0.252 e. The number of H-pyrrole nitrogens is 1. The van der Waals surface area contributed by atoms with E-state index in [0.29, 0.717) is 11.5 Å². The van der Waals surface area contributed by atoms with Crippen molar-refractivity contribution < 1.29 is 0 Å². The van der Waals surface area contributed by atoms with Gasteiger partial charge in [-0.25, -0.2) is 9.67 Å². The van der Waals surface area contributed by atoms with E-state index in [2.05, 4.69) is 15.1 Å². The Labute approximate surface area is 85.8 Å². The molecule has 0 aliphatic carbocycles. The predicted molar refractivity (Wildman–Crippen MR) is 55.9 cm³/mol. The first-order valence-corrected chi connectivity index (χ1v) is 4.46. The SMILES string of the molecule is Cc1nn(-c2cc(=O)[nH]cn2)c(C)c1N. The molecule has 0 saturated heterocycles. The van der Waals surface area contributed by atoms with Gasteiger partial charge in [-0.05, 0) is 13.8 Å². The van der Waals surface area contributed by atoms with Crippen LogP contribution in [0.25, 0.3) is 5.82 Å². The van der Waals surface area contributed by atoms with Crippen LogP contribution in [0.15, 0.2) is 17.2 Å². The number of hydrogen-bond donors (Lipinski definition) is 2. The van der Waals surface area contributed by atoms with Crippen LogP contribution >= 0.6 is 0 Å². The Morgan fingerprint density at radius 3 is 2.73 bits per heavy atom. The Morgan fingerprint density at radius 2 is 2.20 bits per heavy atom. The van der Waals surface area contributed by atoms with E-state index in [0.717, 1.165) is 11.4 Å². The quantitative estimate of drug-likeness (QED) is 0.693. The monoisotopic (exact) mass is 205 g/mol. The highest BCUT2D eigenvalue weighted by molar-refractivity contribution is 5.49. The van der Waals surface area contributed by atoms with Crippen LogP contribution in [-0.2, 0) is 0 Å². The van der Waals surface area contributed by atoms with Gasteiger partial charge < -0.3 is 10.7 Å². The van der Waals surface area contributed by atoms with Crippen molar-refractivity contribution in [2.45, 2.75) is 13.8 Å². The predicted octanol–water partition coefficient (Wildman–Crippen LogP) is 0.155. The van der Waals surface area contributed by atoms with Crippen LogP contribution in [0.2, 0.25) is 0 Å². The van der Waals surface area contributed by atoms with Crippen LogP contribution in [-0.4, -0.2) is 19.7 Å². The van der Waals surface area contributed by atoms with Crippen molar-refractivity contribution in [2.75, 3.05) is 5.73 Å². The van der Waals surface area contributed by atoms with Crippen molar-refractivity contribution in [3.8, 4) is 5.82 Å². The number of hydrogen-bond acceptors (Lipinski definition) is 4. The molecular weight excluding hydrogens is 194 g/mol. The molecule has 2 rings (SSSR count). The highest BCUT2D eigenvalue weighted by Crippen LogP contribution is 2.16. The molecule has 2 aromatic rings. The van der Waals surface area contributed by atoms with E-state index in [1.165, 1.54) is 12.4 Å². The Bertz CT molecular complexity index is 554. The maximum absolute atomic E-state index is 11.1. The van der Waals surface area contributed by atoms with Gasteiger partial charge in [0.1, 0.15) is 0 Å². The molecule has 2 aromatic heterocycles. The molecule has 0 atom stereocenters. The minimum Gasteiger partial charge on any atom is -0.396 e. The van der Waals surface area contributed by atoms with E-state index in [9.17, 15) is 4.79 Å². The maximum atomic E-state index is 11.1. The van der Waals surface area contributed by atoms with Gasteiger partial charge in [-0.2, -0.15) is 5.10 Å². The number of aromatic nitrogens is 4. The van der Waals surface area contributed by atoms with Crippen LogP contribution in [0.4, 0.5) is 5.69 Å². The minimum absolute atomic E-state index is 0.217. The third-order valence-corrected chi connectivity index (χ3v) is 2.23. The zero-order valence-corrected chi connectivity index (χ0v) is 8.48. The van der Waals surface area contributed by atoms with Crippen LogP contribution in [0.1, 0.15) is 11.4 Å². The normalized spacial score (nSPS) is 10.5. The standard InChI is InChI=1S/C9H11N5O/c1-5-9(10)6(2)14(13-5)7-3-8(15)12-4-11-7/h3-4H,10H2,1-2H3,(H,11,12,15). The first kappa shape index (κ1) is 9.45. The number of aryl methyl sites for hydroxylation is 1. The summed E-state index contributed by atoms with van der Waals surface area (Å²) in [6.45, 7) is 3.64. The van der Waals surface area contributed by atoms with Gasteiger partial charge in [-0.1, -0.05) is 0 Å². The molecule has 15 heavy (non-hydrogen) atoms. The Kier molecular flexibility index (Phi) is 2.03. The second-order valence-corrected chi connectivity index (χ2v) is 3.27. The average Bonchev–Trinajstić information content (AvgIpc) is 2.46. The summed E-state index contributed by atoms with van der Waals surface area (Å²) in [5.74, 6) is 0.469. The number of rotatable bonds is 1. The fraction of sp³-hybridized carbons (Fsp3) is 0.222. The fourth-order valence-corrected chi connectivity index (χ4v) is 1.35. The second-order valence-electron chi connectivity index (χ2n) is 3.27. The lowest BCUT2D eigenvalue weighted by molar-refractivity contribution is 0.797. The summed E-state index contributed by atoms with van der Waals surface area (Å²) in [5.41, 5.74) is 7.70. The summed E-state index contributed by atoms with van der Waals surface area (Å²) >= 11 is 0. The lowest BCUT2D eigenvalue weighted by atomic mass is 10.3. The molecule has 0 aliphatic rings. The smallest absolute Gasteiger partial charge is 0.252 e. The molecule has 6 nitrogen and oxygen atoms in total. The van der Waals surface area contributed by atoms with Crippen molar-refractivity contribution in [1.29, 1.82) is 0 Å². The van der Waals surface area contributed by atoms with E-state index >= 15 is 0 Å². The molecule has 0 amide bonds. The Balaban J connectivity index is 2.64. The summed E-state index contributed by atoms with van der Waals surface area (Å²) in [6.07, 6.45) is 1.34. The van der Waals surface area contributed by atoms with Gasteiger partial charge in [0, 0.05) is 6.07 Å². The van der Waals surface area contributed by atoms with E-state index in [4.69, 9.17) is 5.73 Å². The van der Waals surface area contributed by atoms with E-state index in [1.807, 2.05) is 13.8 Å². The van der Waals surface area contributed by atoms with Crippen molar-refractivity contribution in [1.82, 2.24) is 19.7 Å². The van der Waals surface area contributed by atoms with Gasteiger partial charge in [-0.15, -0.1) is 0 Å². The minimum atomic E-state index is -0.217. The summed E-state index contributed by atoms with van der Waals surface area (Å²) in [6, 6.07) is 1.37. The molecule has 0 saturated carbocycles. The van der Waals surface area contributed by atoms with Gasteiger partial charge in [-0.3, -0.25) is 4.79 Å². The van der Waals surface area contributed by atoms with Crippen LogP contribution in [0.5, 0.6) is 0 Å². The second kappa shape index (κ2) is 3.23. The Morgan fingerprint density at radius 1 is 1.47 bits per heavy atom. The first-order valence-electron chi connectivity index (χ1n) is 4.46. The number of anilines is 1. The summed E-state index contributed by atoms with van der Waals surface area (Å²) in [7, 11) is 0. The third-order valence-electron chi connectivity index (χ3n) is 2.23. The van der Waals surface area contributed by atoms with Gasteiger partial charge in [0.2, 0.25) is 0 Å². The number of nitrogens with zero attached hydrogens (tertiary/aromatic N) is 3. The largest absolute Gasteiger partial charge is 0.396 e. The number of nitrogens with one attached hydrogen (secondary N) is 1. The van der Waals surface area contributed by atoms with E-state index in [1.54, 1.807) is 4.68 Å². The van der Waals surface area contributed by atoms with Crippen molar-refractivity contribution in [3.63, 3.8) is 0 Å². The van der Waals surface area contributed by atoms with Crippen LogP contribution in [0.3, 0.4) is 0 Å². The molecule has 78 valence electrons. The van der Waals surface area contributed by atoms with Crippen LogP contribution in [0, 0.1) is 13.8 Å². The van der Waals surface area contributed by atoms with Crippen LogP contribution < -0.4 is 11.3 Å². The molecule has 0 fully saturated rings. The van der Waals surface area contributed by atoms with Gasteiger partial charge in [0.15, 0.2) is 5.82 Å². The van der Waals surface area contributed by atoms with E-state index < -0.39 is 0 Å². The molecular formula is C9H11N5O. The molecule has 0 aliphatic heterocycles. The average molecular weight is 205 g/mol. The molecule has 0 unspecified atom stereocenters. The zero-order chi connectivity index (χ0) is 11.0. The molecule has 6 heteroatoms. The lowest BCUT2D eigenvalue weighted by Gasteiger charge is -2.01. The number of aromatic amines is 1. The number of nitrogen functional groups attached to an aromatic ring is 1. The molecule has 0 radical (unpaired) electrons. The molecule has 0 spiro atoms. The summed E-state index contributed by atoms with van der Waals surface area (Å²) < 4.78 is 1.56. The number of nitrogens with two attached hydrogens (primary N) is 1. The first-order chi connectivity index (χ1) is 7.09. The zero-order valence-electron chi connectivity index (χ0n) is 8.48. The van der Waals surface area contributed by atoms with Crippen molar-refractivity contribution in [3.05, 3.63) is 34.1 Å². The van der Waals surface area contributed by atoms with Gasteiger partial charge in [0.25, 0.3) is 5.56 Å². The summed E-state index contributed by atoms with van der Waals surface area (Å²) in [5, 5.41) is 4.20. The van der Waals surface area contributed by atoms with E-state index in [-0.39, 0.29) is 5.56 Å².